The zero-order chi connectivity index (χ0) is 22.7. The number of aliphatic hydroxyl groups is 5. The van der Waals surface area contributed by atoms with Gasteiger partial charge in [-0.05, 0) is 12.0 Å². The molecular formula is C20H30O11. The summed E-state index contributed by atoms with van der Waals surface area (Å²) in [6.45, 7) is 1.39. The Morgan fingerprint density at radius 3 is 2.45 bits per heavy atom. The molecule has 11 heteroatoms. The number of carboxylic acids is 1. The van der Waals surface area contributed by atoms with Gasteiger partial charge in [0, 0.05) is 12.5 Å². The maximum atomic E-state index is 11.8. The van der Waals surface area contributed by atoms with Crippen molar-refractivity contribution in [3.63, 3.8) is 0 Å². The van der Waals surface area contributed by atoms with Crippen LogP contribution in [0.2, 0.25) is 0 Å². The van der Waals surface area contributed by atoms with Crippen molar-refractivity contribution in [1.82, 2.24) is 0 Å². The maximum Gasteiger partial charge on any atom is 0.335 e. The molecule has 9 atom stereocenters. The van der Waals surface area contributed by atoms with Gasteiger partial charge in [-0.15, -0.1) is 0 Å². The Morgan fingerprint density at radius 2 is 1.84 bits per heavy atom. The fourth-order valence-electron chi connectivity index (χ4n) is 4.17. The van der Waals surface area contributed by atoms with Crippen molar-refractivity contribution in [3.8, 4) is 0 Å². The Bertz CT molecular complexity index is 691. The summed E-state index contributed by atoms with van der Waals surface area (Å²) in [5, 5.41) is 59.0. The van der Waals surface area contributed by atoms with Gasteiger partial charge in [0.05, 0.1) is 37.1 Å². The Kier molecular flexibility index (Phi) is 8.05. The number of aliphatic hydroxyl groups excluding tert-OH is 5. The van der Waals surface area contributed by atoms with E-state index in [1.165, 1.54) is 0 Å². The van der Waals surface area contributed by atoms with Crippen LogP contribution in [0.4, 0.5) is 0 Å². The largest absolute Gasteiger partial charge is 0.478 e. The number of carboxylic acid groups (broad SMARTS) is 1. The maximum absolute atomic E-state index is 11.8. The zero-order valence-corrected chi connectivity index (χ0v) is 17.1. The lowest BCUT2D eigenvalue weighted by Gasteiger charge is -2.43. The summed E-state index contributed by atoms with van der Waals surface area (Å²) in [4.78, 5) is 11.8. The molecule has 0 saturated carbocycles. The molecule has 176 valence electrons. The first-order valence-electron chi connectivity index (χ1n) is 10.3. The van der Waals surface area contributed by atoms with E-state index in [1.54, 1.807) is 6.08 Å². The number of hydrogen-bond donors (Lipinski definition) is 6. The van der Waals surface area contributed by atoms with Crippen molar-refractivity contribution in [1.29, 1.82) is 0 Å². The van der Waals surface area contributed by atoms with Crippen LogP contribution in [-0.4, -0.2) is 99.5 Å². The second-order valence-electron chi connectivity index (χ2n) is 7.86. The highest BCUT2D eigenvalue weighted by atomic mass is 16.8. The van der Waals surface area contributed by atoms with Crippen LogP contribution >= 0.6 is 0 Å². The first-order valence-corrected chi connectivity index (χ1v) is 10.3. The molecule has 1 saturated heterocycles. The Balaban J connectivity index is 1.83. The second-order valence-corrected chi connectivity index (χ2v) is 7.86. The van der Waals surface area contributed by atoms with E-state index >= 15 is 0 Å². The van der Waals surface area contributed by atoms with Gasteiger partial charge in [-0.2, -0.15) is 0 Å². The van der Waals surface area contributed by atoms with Crippen molar-refractivity contribution in [2.75, 3.05) is 19.8 Å². The van der Waals surface area contributed by atoms with Crippen molar-refractivity contribution < 1.29 is 54.4 Å². The van der Waals surface area contributed by atoms with Gasteiger partial charge < -0.3 is 49.6 Å². The number of aliphatic carboxylic acids is 1. The third kappa shape index (κ3) is 4.78. The lowest BCUT2D eigenvalue weighted by Crippen LogP contribution is -2.60. The predicted octanol–water partition coefficient (Wildman–Crippen LogP) is -1.52. The van der Waals surface area contributed by atoms with Gasteiger partial charge in [-0.25, -0.2) is 4.79 Å². The van der Waals surface area contributed by atoms with Crippen molar-refractivity contribution in [2.45, 2.75) is 62.9 Å². The van der Waals surface area contributed by atoms with Crippen LogP contribution in [0.3, 0.4) is 0 Å². The molecule has 0 bridgehead atoms. The van der Waals surface area contributed by atoms with Crippen molar-refractivity contribution in [2.24, 2.45) is 11.8 Å². The van der Waals surface area contributed by atoms with Crippen molar-refractivity contribution >= 4 is 5.97 Å². The van der Waals surface area contributed by atoms with Crippen LogP contribution < -0.4 is 0 Å². The molecule has 1 aliphatic carbocycles. The summed E-state index contributed by atoms with van der Waals surface area (Å²) < 4.78 is 22.4. The van der Waals surface area contributed by atoms with Crippen LogP contribution in [0.5, 0.6) is 0 Å². The molecule has 0 amide bonds. The Labute approximate surface area is 179 Å². The van der Waals surface area contributed by atoms with Crippen LogP contribution in [-0.2, 0) is 23.7 Å². The van der Waals surface area contributed by atoms with E-state index in [4.69, 9.17) is 18.9 Å². The topological polar surface area (TPSA) is 175 Å². The highest BCUT2D eigenvalue weighted by Gasteiger charge is 2.52. The van der Waals surface area contributed by atoms with E-state index in [2.05, 4.69) is 0 Å². The molecule has 0 aromatic heterocycles. The average molecular weight is 446 g/mol. The third-order valence-corrected chi connectivity index (χ3v) is 5.88. The average Bonchev–Trinajstić information content (AvgIpc) is 3.13. The summed E-state index contributed by atoms with van der Waals surface area (Å²) in [6.07, 6.45) is -4.90. The summed E-state index contributed by atoms with van der Waals surface area (Å²) in [6, 6.07) is 0. The first-order chi connectivity index (χ1) is 14.8. The Hall–Kier alpha value is -1.57. The molecule has 0 aromatic rings. The van der Waals surface area contributed by atoms with Crippen molar-refractivity contribution in [3.05, 3.63) is 23.5 Å². The molecular weight excluding hydrogens is 416 g/mol. The number of fused-ring (bicyclic) bond motifs is 1. The van der Waals surface area contributed by atoms with Gasteiger partial charge in [-0.3, -0.25) is 0 Å². The SMILES string of the molecule is CCCCOC1C=C(CO)C2C(OC3OC(CO)C(O)C(O)C3O)OC=C(C(=O)O)C12. The monoisotopic (exact) mass is 446 g/mol. The number of carbonyl (C=O) groups is 1. The minimum atomic E-state index is -1.65. The van der Waals surface area contributed by atoms with Gasteiger partial charge >= 0.3 is 5.97 Å². The van der Waals surface area contributed by atoms with Gasteiger partial charge in [-0.1, -0.05) is 19.4 Å². The molecule has 2 aliphatic heterocycles. The normalized spacial score (nSPS) is 40.0. The fraction of sp³-hybridized carbons (Fsp3) is 0.750. The third-order valence-electron chi connectivity index (χ3n) is 5.88. The lowest BCUT2D eigenvalue weighted by molar-refractivity contribution is -0.340. The minimum Gasteiger partial charge on any atom is -0.478 e. The fourth-order valence-corrected chi connectivity index (χ4v) is 4.17. The molecule has 31 heavy (non-hydrogen) atoms. The molecule has 0 aromatic carbocycles. The number of unbranched alkanes of at least 4 members (excludes halogenated alkanes) is 1. The quantitative estimate of drug-likeness (QED) is 0.179. The lowest BCUT2D eigenvalue weighted by atomic mass is 9.82. The van der Waals surface area contributed by atoms with Gasteiger partial charge in [0.25, 0.3) is 0 Å². The first kappa shape index (κ1) is 24.1. The highest BCUT2D eigenvalue weighted by Crippen LogP contribution is 2.45. The van der Waals surface area contributed by atoms with E-state index in [1.807, 2.05) is 6.92 Å². The zero-order valence-electron chi connectivity index (χ0n) is 17.1. The molecule has 9 unspecified atom stereocenters. The van der Waals surface area contributed by atoms with Crippen LogP contribution in [0.1, 0.15) is 19.8 Å². The molecule has 11 nitrogen and oxygen atoms in total. The van der Waals surface area contributed by atoms with E-state index in [-0.39, 0.29) is 12.2 Å². The van der Waals surface area contributed by atoms with Crippen LogP contribution in [0, 0.1) is 11.8 Å². The minimum absolute atomic E-state index is 0.0418. The van der Waals surface area contributed by atoms with Crippen LogP contribution in [0.25, 0.3) is 0 Å². The summed E-state index contributed by atoms with van der Waals surface area (Å²) >= 11 is 0. The summed E-state index contributed by atoms with van der Waals surface area (Å²) in [5.74, 6) is -2.65. The summed E-state index contributed by atoms with van der Waals surface area (Å²) in [5.41, 5.74) is 0.410. The Morgan fingerprint density at radius 1 is 1.10 bits per heavy atom. The van der Waals surface area contributed by atoms with Crippen LogP contribution in [0.15, 0.2) is 23.5 Å². The van der Waals surface area contributed by atoms with Gasteiger partial charge in [0.15, 0.2) is 6.29 Å². The van der Waals surface area contributed by atoms with E-state index in [0.717, 1.165) is 19.1 Å². The standard InChI is InChI=1S/C20H30O11/c1-2-3-4-28-11-5-9(6-21)13-14(11)10(18(26)27)8-29-19(13)31-20-17(25)16(24)15(23)12(7-22)30-20/h5,8,11-17,19-25H,2-4,6-7H2,1H3,(H,26,27). The smallest absolute Gasteiger partial charge is 0.335 e. The number of rotatable bonds is 9. The molecule has 2 heterocycles. The summed E-state index contributed by atoms with van der Waals surface area (Å²) in [7, 11) is 0. The second kappa shape index (κ2) is 10.4. The van der Waals surface area contributed by atoms with E-state index in [0.29, 0.717) is 12.2 Å². The molecule has 0 spiro atoms. The van der Waals surface area contributed by atoms with Gasteiger partial charge in [0.2, 0.25) is 6.29 Å². The predicted molar refractivity (Wildman–Crippen MR) is 102 cm³/mol. The van der Waals surface area contributed by atoms with E-state index < -0.39 is 67.5 Å². The van der Waals surface area contributed by atoms with E-state index in [9.17, 15) is 35.4 Å². The van der Waals surface area contributed by atoms with Gasteiger partial charge in [0.1, 0.15) is 24.4 Å². The number of ether oxygens (including phenoxy) is 4. The molecule has 3 rings (SSSR count). The number of hydrogen-bond acceptors (Lipinski definition) is 10. The molecule has 1 fully saturated rings. The highest BCUT2D eigenvalue weighted by molar-refractivity contribution is 5.87. The molecule has 3 aliphatic rings. The molecule has 0 radical (unpaired) electrons. The molecule has 6 N–H and O–H groups in total.